The molecule has 1 aliphatic rings. The van der Waals surface area contributed by atoms with Crippen molar-refractivity contribution in [2.45, 2.75) is 25.6 Å². The van der Waals surface area contributed by atoms with E-state index in [2.05, 4.69) is 5.32 Å². The third-order valence-corrected chi connectivity index (χ3v) is 3.93. The van der Waals surface area contributed by atoms with Crippen LogP contribution in [-0.2, 0) is 11.0 Å². The van der Waals surface area contributed by atoms with E-state index in [-0.39, 0.29) is 12.5 Å². The third kappa shape index (κ3) is 4.14. The second kappa shape index (κ2) is 6.47. The summed E-state index contributed by atoms with van der Waals surface area (Å²) in [6.45, 7) is 2.24. The molecule has 2 atom stereocenters. The summed E-state index contributed by atoms with van der Waals surface area (Å²) in [5.41, 5.74) is 4.81. The fourth-order valence-corrected chi connectivity index (χ4v) is 2.52. The second-order valence-corrected chi connectivity index (χ2v) is 5.63. The summed E-state index contributed by atoms with van der Waals surface area (Å²) in [4.78, 5) is 24.7. The number of nitrogens with two attached hydrogens (primary N) is 1. The fourth-order valence-electron chi connectivity index (χ4n) is 2.52. The van der Waals surface area contributed by atoms with Crippen molar-refractivity contribution in [2.24, 2.45) is 11.7 Å². The van der Waals surface area contributed by atoms with E-state index in [1.54, 1.807) is 6.92 Å². The van der Waals surface area contributed by atoms with E-state index in [4.69, 9.17) is 5.73 Å². The highest BCUT2D eigenvalue weighted by molar-refractivity contribution is 5.80. The Morgan fingerprint density at radius 3 is 2.65 bits per heavy atom. The number of primary amides is 1. The summed E-state index contributed by atoms with van der Waals surface area (Å²) >= 11 is 0. The zero-order valence-corrected chi connectivity index (χ0v) is 12.6. The zero-order chi connectivity index (χ0) is 17.2. The first kappa shape index (κ1) is 17.1. The lowest BCUT2D eigenvalue weighted by atomic mass is 10.1. The minimum absolute atomic E-state index is 0.233. The highest BCUT2D eigenvalue weighted by atomic mass is 19.4. The predicted molar refractivity (Wildman–Crippen MR) is 77.3 cm³/mol. The van der Waals surface area contributed by atoms with Crippen LogP contribution in [0.1, 0.15) is 30.5 Å². The standard InChI is InChI=1S/C15H18F3N3O2/c1-9(10-3-2-4-12(7-10)15(16,17)18)20-14(23)21-6-5-11(8-21)13(19)22/h2-4,7,9,11H,5-6,8H2,1H3,(H2,19,22)(H,20,23)/t9-,11+/m0/s1. The van der Waals surface area contributed by atoms with E-state index in [0.717, 1.165) is 12.1 Å². The van der Waals surface area contributed by atoms with Gasteiger partial charge in [0.05, 0.1) is 17.5 Å². The Hall–Kier alpha value is -2.25. The van der Waals surface area contributed by atoms with Gasteiger partial charge in [0.1, 0.15) is 0 Å². The van der Waals surface area contributed by atoms with E-state index in [0.29, 0.717) is 18.5 Å². The van der Waals surface area contributed by atoms with Crippen LogP contribution < -0.4 is 11.1 Å². The molecular weight excluding hydrogens is 311 g/mol. The number of carbonyl (C=O) groups is 2. The maximum Gasteiger partial charge on any atom is 0.416 e. The van der Waals surface area contributed by atoms with Gasteiger partial charge < -0.3 is 16.0 Å². The number of urea groups is 1. The molecule has 1 fully saturated rings. The first-order valence-electron chi connectivity index (χ1n) is 7.20. The molecule has 1 saturated heterocycles. The number of benzene rings is 1. The topological polar surface area (TPSA) is 75.4 Å². The van der Waals surface area contributed by atoms with Crippen LogP contribution in [0.15, 0.2) is 24.3 Å². The van der Waals surface area contributed by atoms with Crippen LogP contribution in [-0.4, -0.2) is 29.9 Å². The summed E-state index contributed by atoms with van der Waals surface area (Å²) in [5.74, 6) is -0.823. The van der Waals surface area contributed by atoms with Gasteiger partial charge in [-0.05, 0) is 31.0 Å². The molecule has 3 amide bonds. The van der Waals surface area contributed by atoms with Gasteiger partial charge in [-0.15, -0.1) is 0 Å². The van der Waals surface area contributed by atoms with Crippen molar-refractivity contribution >= 4 is 11.9 Å². The lowest BCUT2D eigenvalue weighted by molar-refractivity contribution is -0.137. The van der Waals surface area contributed by atoms with Crippen LogP contribution in [0.5, 0.6) is 0 Å². The smallest absolute Gasteiger partial charge is 0.369 e. The second-order valence-electron chi connectivity index (χ2n) is 5.63. The van der Waals surface area contributed by atoms with Crippen LogP contribution in [0.4, 0.5) is 18.0 Å². The molecule has 126 valence electrons. The van der Waals surface area contributed by atoms with Gasteiger partial charge in [0.25, 0.3) is 0 Å². The van der Waals surface area contributed by atoms with Crippen molar-refractivity contribution in [3.8, 4) is 0 Å². The van der Waals surface area contributed by atoms with E-state index < -0.39 is 29.7 Å². The molecule has 23 heavy (non-hydrogen) atoms. The van der Waals surface area contributed by atoms with Gasteiger partial charge in [-0.25, -0.2) is 4.79 Å². The number of amides is 3. The summed E-state index contributed by atoms with van der Waals surface area (Å²) in [7, 11) is 0. The van der Waals surface area contributed by atoms with Crippen LogP contribution >= 0.6 is 0 Å². The maximum atomic E-state index is 12.7. The zero-order valence-electron chi connectivity index (χ0n) is 12.6. The Labute approximate surface area is 131 Å². The van der Waals surface area contributed by atoms with Gasteiger partial charge in [-0.2, -0.15) is 13.2 Å². The Balaban J connectivity index is 2.01. The van der Waals surface area contributed by atoms with Crippen LogP contribution in [0.2, 0.25) is 0 Å². The number of rotatable bonds is 3. The van der Waals surface area contributed by atoms with Crippen molar-refractivity contribution in [3.05, 3.63) is 35.4 Å². The normalized spacial score (nSPS) is 19.5. The average Bonchev–Trinajstić information content (AvgIpc) is 2.96. The van der Waals surface area contributed by atoms with E-state index in [1.165, 1.54) is 17.0 Å². The molecule has 0 radical (unpaired) electrons. The molecule has 3 N–H and O–H groups in total. The molecule has 0 unspecified atom stereocenters. The molecule has 1 heterocycles. The molecule has 1 aromatic carbocycles. The summed E-state index contributed by atoms with van der Waals surface area (Å²) in [5, 5.41) is 2.64. The van der Waals surface area contributed by atoms with Crippen LogP contribution in [0, 0.1) is 5.92 Å². The first-order chi connectivity index (χ1) is 10.7. The van der Waals surface area contributed by atoms with Crippen molar-refractivity contribution in [1.82, 2.24) is 10.2 Å². The van der Waals surface area contributed by atoms with Gasteiger partial charge in [0.15, 0.2) is 0 Å². The molecule has 1 aliphatic heterocycles. The molecule has 0 aromatic heterocycles. The number of halogens is 3. The maximum absolute atomic E-state index is 12.7. The number of carbonyl (C=O) groups excluding carboxylic acids is 2. The predicted octanol–water partition coefficient (Wildman–Crippen LogP) is 2.28. The molecule has 0 bridgehead atoms. The minimum atomic E-state index is -4.43. The minimum Gasteiger partial charge on any atom is -0.369 e. The number of nitrogens with zero attached hydrogens (tertiary/aromatic N) is 1. The Morgan fingerprint density at radius 2 is 2.09 bits per heavy atom. The Bertz CT molecular complexity index is 604. The number of hydrogen-bond acceptors (Lipinski definition) is 2. The summed E-state index contributed by atoms with van der Waals surface area (Å²) < 4.78 is 38.2. The molecule has 2 rings (SSSR count). The van der Waals surface area contributed by atoms with Crippen molar-refractivity contribution < 1.29 is 22.8 Å². The molecule has 5 nitrogen and oxygen atoms in total. The van der Waals surface area contributed by atoms with Gasteiger partial charge >= 0.3 is 12.2 Å². The van der Waals surface area contributed by atoms with Crippen molar-refractivity contribution in [3.63, 3.8) is 0 Å². The lowest BCUT2D eigenvalue weighted by Gasteiger charge is -2.21. The average molecular weight is 329 g/mol. The first-order valence-corrected chi connectivity index (χ1v) is 7.20. The molecule has 8 heteroatoms. The van der Waals surface area contributed by atoms with Crippen molar-refractivity contribution in [1.29, 1.82) is 0 Å². The van der Waals surface area contributed by atoms with E-state index in [1.807, 2.05) is 0 Å². The molecule has 0 spiro atoms. The Kier molecular flexibility index (Phi) is 4.82. The van der Waals surface area contributed by atoms with Crippen LogP contribution in [0.25, 0.3) is 0 Å². The molecule has 0 aliphatic carbocycles. The highest BCUT2D eigenvalue weighted by Gasteiger charge is 2.32. The number of hydrogen-bond donors (Lipinski definition) is 2. The molecular formula is C15H18F3N3O2. The number of alkyl halides is 3. The highest BCUT2D eigenvalue weighted by Crippen LogP contribution is 2.30. The largest absolute Gasteiger partial charge is 0.416 e. The van der Waals surface area contributed by atoms with Gasteiger partial charge in [0, 0.05) is 13.1 Å². The third-order valence-electron chi connectivity index (χ3n) is 3.93. The monoisotopic (exact) mass is 329 g/mol. The number of nitrogens with one attached hydrogen (secondary N) is 1. The quantitative estimate of drug-likeness (QED) is 0.893. The van der Waals surface area contributed by atoms with Gasteiger partial charge in [-0.1, -0.05) is 12.1 Å². The summed E-state index contributed by atoms with van der Waals surface area (Å²) in [6.07, 6.45) is -3.93. The summed E-state index contributed by atoms with van der Waals surface area (Å²) in [6, 6.07) is 3.82. The van der Waals surface area contributed by atoms with Crippen molar-refractivity contribution in [2.75, 3.05) is 13.1 Å². The lowest BCUT2D eigenvalue weighted by Crippen LogP contribution is -2.40. The van der Waals surface area contributed by atoms with Gasteiger partial charge in [0.2, 0.25) is 5.91 Å². The van der Waals surface area contributed by atoms with E-state index >= 15 is 0 Å². The number of likely N-dealkylation sites (tertiary alicyclic amines) is 1. The van der Waals surface area contributed by atoms with E-state index in [9.17, 15) is 22.8 Å². The Morgan fingerprint density at radius 1 is 1.39 bits per heavy atom. The van der Waals surface area contributed by atoms with Gasteiger partial charge in [-0.3, -0.25) is 4.79 Å². The molecule has 1 aromatic rings. The fraction of sp³-hybridized carbons (Fsp3) is 0.467. The SMILES string of the molecule is C[C@H](NC(=O)N1CC[C@@H](C(N)=O)C1)c1cccc(C(F)(F)F)c1. The van der Waals surface area contributed by atoms with Crippen LogP contribution in [0.3, 0.4) is 0 Å². The molecule has 0 saturated carbocycles.